The van der Waals surface area contributed by atoms with Crippen LogP contribution >= 0.6 is 0 Å². The fourth-order valence-corrected chi connectivity index (χ4v) is 3.56. The maximum absolute atomic E-state index is 14.2. The molecule has 0 atom stereocenters. The largest absolute Gasteiger partial charge is 0.310 e. The van der Waals surface area contributed by atoms with E-state index in [0.717, 1.165) is 18.4 Å². The van der Waals surface area contributed by atoms with Crippen LogP contribution in [0.3, 0.4) is 0 Å². The zero-order valence-electron chi connectivity index (χ0n) is 12.2. The molecule has 0 radical (unpaired) electrons. The Morgan fingerprint density at radius 3 is 2.71 bits per heavy atom. The predicted octanol–water partition coefficient (Wildman–Crippen LogP) is 2.27. The Balaban J connectivity index is 2.19. The van der Waals surface area contributed by atoms with Crippen molar-refractivity contribution in [3.05, 3.63) is 42.2 Å². The summed E-state index contributed by atoms with van der Waals surface area (Å²) in [5, 5.41) is 3.27. The van der Waals surface area contributed by atoms with Gasteiger partial charge in [0.05, 0.1) is 0 Å². The first kappa shape index (κ1) is 16.1. The molecule has 116 valence electrons. The third-order valence-electron chi connectivity index (χ3n) is 3.47. The first-order valence-corrected chi connectivity index (χ1v) is 8.56. The van der Waals surface area contributed by atoms with E-state index in [1.54, 1.807) is 13.0 Å². The van der Waals surface area contributed by atoms with Crippen LogP contribution in [-0.4, -0.2) is 31.9 Å². The molecule has 1 fully saturated rings. The van der Waals surface area contributed by atoms with E-state index >= 15 is 0 Å². The van der Waals surface area contributed by atoms with Crippen LogP contribution in [0.2, 0.25) is 0 Å². The lowest BCUT2D eigenvalue weighted by molar-refractivity contribution is 0.453. The molecule has 1 aliphatic rings. The van der Waals surface area contributed by atoms with Gasteiger partial charge in [0.1, 0.15) is 10.7 Å². The van der Waals surface area contributed by atoms with Gasteiger partial charge in [-0.2, -0.15) is 4.31 Å². The highest BCUT2D eigenvalue weighted by molar-refractivity contribution is 7.89. The summed E-state index contributed by atoms with van der Waals surface area (Å²) in [7, 11) is -3.81. The zero-order valence-corrected chi connectivity index (χ0v) is 13.0. The van der Waals surface area contributed by atoms with Crippen molar-refractivity contribution in [1.82, 2.24) is 9.62 Å². The normalized spacial score (nSPS) is 15.4. The Kier molecular flexibility index (Phi) is 5.13. The molecular formula is C15H21FN2O2S. The van der Waals surface area contributed by atoms with Crippen molar-refractivity contribution in [1.29, 1.82) is 0 Å². The van der Waals surface area contributed by atoms with Gasteiger partial charge in [-0.25, -0.2) is 12.8 Å². The first-order valence-electron chi connectivity index (χ1n) is 7.12. The van der Waals surface area contributed by atoms with Gasteiger partial charge in [0, 0.05) is 25.7 Å². The van der Waals surface area contributed by atoms with Crippen LogP contribution in [0.1, 0.15) is 25.3 Å². The minimum absolute atomic E-state index is 0.170. The highest BCUT2D eigenvalue weighted by Crippen LogP contribution is 2.22. The van der Waals surface area contributed by atoms with Crippen LogP contribution in [0.25, 0.3) is 0 Å². The van der Waals surface area contributed by atoms with Crippen molar-refractivity contribution in [3.63, 3.8) is 0 Å². The van der Waals surface area contributed by atoms with Gasteiger partial charge in [-0.15, -0.1) is 6.58 Å². The van der Waals surface area contributed by atoms with Crippen molar-refractivity contribution in [2.24, 2.45) is 0 Å². The van der Waals surface area contributed by atoms with E-state index in [0.29, 0.717) is 12.6 Å². The van der Waals surface area contributed by atoms with E-state index in [4.69, 9.17) is 0 Å². The summed E-state index contributed by atoms with van der Waals surface area (Å²) in [6.07, 6.45) is 3.80. The zero-order chi connectivity index (χ0) is 15.5. The van der Waals surface area contributed by atoms with Gasteiger partial charge in [-0.1, -0.05) is 19.1 Å². The summed E-state index contributed by atoms with van der Waals surface area (Å²) in [4.78, 5) is -0.277. The molecule has 1 aromatic rings. The summed E-state index contributed by atoms with van der Waals surface area (Å²) in [5.41, 5.74) is 0.755. The standard InChI is InChI=1S/C15H21FN2O2S/c1-3-9-18(4-2)21(19,20)15-8-5-12(10-14(15)16)11-17-13-6-7-13/h3,5,8,10,13,17H,1,4,6-7,9,11H2,2H3. The van der Waals surface area contributed by atoms with Crippen molar-refractivity contribution in [3.8, 4) is 0 Å². The molecule has 0 bridgehead atoms. The third-order valence-corrected chi connectivity index (χ3v) is 5.45. The molecule has 0 amide bonds. The molecule has 4 nitrogen and oxygen atoms in total. The fraction of sp³-hybridized carbons (Fsp3) is 0.467. The second-order valence-electron chi connectivity index (χ2n) is 5.16. The Hall–Kier alpha value is -1.24. The molecule has 1 saturated carbocycles. The molecule has 2 rings (SSSR count). The number of halogens is 1. The van der Waals surface area contributed by atoms with Crippen LogP contribution in [0.4, 0.5) is 4.39 Å². The molecule has 21 heavy (non-hydrogen) atoms. The van der Waals surface area contributed by atoms with Crippen LogP contribution in [0.5, 0.6) is 0 Å². The lowest BCUT2D eigenvalue weighted by Crippen LogP contribution is -2.31. The Bertz CT molecular complexity index is 612. The summed E-state index contributed by atoms with van der Waals surface area (Å²) >= 11 is 0. The average Bonchev–Trinajstić information content (AvgIpc) is 3.26. The lowest BCUT2D eigenvalue weighted by Gasteiger charge is -2.19. The summed E-state index contributed by atoms with van der Waals surface area (Å²) in [5.74, 6) is -0.701. The van der Waals surface area contributed by atoms with E-state index in [1.807, 2.05) is 0 Å². The highest BCUT2D eigenvalue weighted by Gasteiger charge is 2.26. The van der Waals surface area contributed by atoms with E-state index in [9.17, 15) is 12.8 Å². The fourth-order valence-electron chi connectivity index (χ4n) is 2.09. The van der Waals surface area contributed by atoms with Crippen molar-refractivity contribution in [2.75, 3.05) is 13.1 Å². The lowest BCUT2D eigenvalue weighted by atomic mass is 10.2. The Labute approximate surface area is 125 Å². The quantitative estimate of drug-likeness (QED) is 0.749. The maximum atomic E-state index is 14.2. The van der Waals surface area contributed by atoms with Crippen LogP contribution in [0.15, 0.2) is 35.7 Å². The van der Waals surface area contributed by atoms with Gasteiger partial charge in [0.15, 0.2) is 0 Å². The summed E-state index contributed by atoms with van der Waals surface area (Å²) in [6, 6.07) is 4.83. The van der Waals surface area contributed by atoms with Crippen LogP contribution in [-0.2, 0) is 16.6 Å². The van der Waals surface area contributed by atoms with E-state index in [1.165, 1.54) is 22.5 Å². The van der Waals surface area contributed by atoms with Gasteiger partial charge < -0.3 is 5.32 Å². The number of benzene rings is 1. The highest BCUT2D eigenvalue weighted by atomic mass is 32.2. The third kappa shape index (κ3) is 3.90. The summed E-state index contributed by atoms with van der Waals surface area (Å²) in [6.45, 7) is 6.25. The van der Waals surface area contributed by atoms with Gasteiger partial charge in [-0.05, 0) is 30.5 Å². The molecule has 0 aliphatic heterocycles. The minimum atomic E-state index is -3.81. The van der Waals surface area contributed by atoms with Crippen molar-refractivity contribution < 1.29 is 12.8 Å². The second-order valence-corrected chi connectivity index (χ2v) is 7.07. The molecular weight excluding hydrogens is 291 g/mol. The number of hydrogen-bond acceptors (Lipinski definition) is 3. The van der Waals surface area contributed by atoms with Crippen LogP contribution in [0, 0.1) is 5.82 Å². The molecule has 0 spiro atoms. The molecule has 6 heteroatoms. The van der Waals surface area contributed by atoms with Crippen LogP contribution < -0.4 is 5.32 Å². The monoisotopic (exact) mass is 312 g/mol. The van der Waals surface area contributed by atoms with Gasteiger partial charge in [0.25, 0.3) is 0 Å². The van der Waals surface area contributed by atoms with Crippen molar-refractivity contribution in [2.45, 2.75) is 37.2 Å². The SMILES string of the molecule is C=CCN(CC)S(=O)(=O)c1ccc(CNC2CC2)cc1F. The second kappa shape index (κ2) is 6.68. The number of nitrogens with zero attached hydrogens (tertiary/aromatic N) is 1. The first-order chi connectivity index (χ1) is 9.98. The molecule has 1 aromatic carbocycles. The predicted molar refractivity (Wildman–Crippen MR) is 80.9 cm³/mol. The molecule has 0 heterocycles. The molecule has 0 unspecified atom stereocenters. The molecule has 1 aliphatic carbocycles. The number of sulfonamides is 1. The number of hydrogen-bond donors (Lipinski definition) is 1. The van der Waals surface area contributed by atoms with Gasteiger partial charge >= 0.3 is 0 Å². The minimum Gasteiger partial charge on any atom is -0.310 e. The Morgan fingerprint density at radius 2 is 2.19 bits per heavy atom. The number of likely N-dealkylation sites (N-methyl/N-ethyl adjacent to an activating group) is 1. The average molecular weight is 312 g/mol. The maximum Gasteiger partial charge on any atom is 0.246 e. The Morgan fingerprint density at radius 1 is 1.48 bits per heavy atom. The topological polar surface area (TPSA) is 49.4 Å². The van der Waals surface area contributed by atoms with E-state index in [-0.39, 0.29) is 18.0 Å². The molecule has 1 N–H and O–H groups in total. The summed E-state index contributed by atoms with van der Waals surface area (Å²) < 4.78 is 40.1. The molecule has 0 aromatic heterocycles. The van der Waals surface area contributed by atoms with Gasteiger partial charge in [0.2, 0.25) is 10.0 Å². The number of nitrogens with one attached hydrogen (secondary N) is 1. The van der Waals surface area contributed by atoms with E-state index < -0.39 is 15.8 Å². The van der Waals surface area contributed by atoms with Crippen molar-refractivity contribution >= 4 is 10.0 Å². The van der Waals surface area contributed by atoms with E-state index in [2.05, 4.69) is 11.9 Å². The van der Waals surface area contributed by atoms with Gasteiger partial charge in [-0.3, -0.25) is 0 Å². The smallest absolute Gasteiger partial charge is 0.246 e. The molecule has 0 saturated heterocycles. The number of rotatable bonds is 8.